The Kier molecular flexibility index (Phi) is 5.46. The molecule has 0 unspecified atom stereocenters. The molecule has 7 aromatic carbocycles. The molecule has 0 saturated carbocycles. The zero-order valence-corrected chi connectivity index (χ0v) is 25.2. The van der Waals surface area contributed by atoms with Gasteiger partial charge in [-0.2, -0.15) is 0 Å². The van der Waals surface area contributed by atoms with Crippen LogP contribution in [0.3, 0.4) is 0 Å². The average Bonchev–Trinajstić information content (AvgIpc) is 3.74. The molecule has 0 atom stereocenters. The highest BCUT2D eigenvalue weighted by molar-refractivity contribution is 6.02. The van der Waals surface area contributed by atoms with Crippen LogP contribution in [0.15, 0.2) is 162 Å². The van der Waals surface area contributed by atoms with Gasteiger partial charge in [-0.3, -0.25) is 0 Å². The Bertz CT molecular complexity index is 2470. The van der Waals surface area contributed by atoms with Crippen molar-refractivity contribution in [1.29, 1.82) is 0 Å². The quantitative estimate of drug-likeness (QED) is 0.202. The maximum Gasteiger partial charge on any atom is 0.249 e. The van der Waals surface area contributed by atoms with Crippen LogP contribution in [0.25, 0.3) is 55.9 Å². The number of fused-ring (bicyclic) bond motifs is 10. The fourth-order valence-corrected chi connectivity index (χ4v) is 7.79. The first-order valence-electron chi connectivity index (χ1n) is 15.8. The summed E-state index contributed by atoms with van der Waals surface area (Å²) >= 11 is 0. The van der Waals surface area contributed by atoms with Gasteiger partial charge in [0.2, 0.25) is 11.8 Å². The molecule has 0 bridgehead atoms. The van der Waals surface area contributed by atoms with Crippen LogP contribution in [0.2, 0.25) is 0 Å². The monoisotopic (exact) mass is 602 g/mol. The Morgan fingerprint density at radius 3 is 1.87 bits per heavy atom. The topological polar surface area (TPSA) is 48.2 Å². The van der Waals surface area contributed by atoms with Crippen molar-refractivity contribution in [2.75, 3.05) is 0 Å². The minimum absolute atomic E-state index is 0.481. The van der Waals surface area contributed by atoms with Crippen molar-refractivity contribution in [3.05, 3.63) is 180 Å². The predicted octanol–water partition coefficient (Wildman–Crippen LogP) is 10.7. The van der Waals surface area contributed by atoms with Crippen LogP contribution in [0.5, 0.6) is 11.5 Å². The highest BCUT2D eigenvalue weighted by atomic mass is 16.5. The summed E-state index contributed by atoms with van der Waals surface area (Å²) in [7, 11) is 0. The van der Waals surface area contributed by atoms with Crippen molar-refractivity contribution in [2.45, 2.75) is 5.41 Å². The first-order chi connectivity index (χ1) is 23.3. The van der Waals surface area contributed by atoms with E-state index < -0.39 is 5.41 Å². The maximum atomic E-state index is 6.80. The van der Waals surface area contributed by atoms with Gasteiger partial charge in [0.25, 0.3) is 0 Å². The van der Waals surface area contributed by atoms with Crippen molar-refractivity contribution < 1.29 is 9.15 Å². The molecule has 220 valence electrons. The molecule has 1 aliphatic heterocycles. The average molecular weight is 603 g/mol. The summed E-state index contributed by atoms with van der Waals surface area (Å²) < 4.78 is 13.2. The lowest BCUT2D eigenvalue weighted by molar-refractivity contribution is 0.436. The number of para-hydroxylation sites is 1. The van der Waals surface area contributed by atoms with Gasteiger partial charge in [-0.25, -0.2) is 0 Å². The number of ether oxygens (including phenoxy) is 1. The molecule has 4 heteroatoms. The van der Waals surface area contributed by atoms with Gasteiger partial charge in [0.05, 0.1) is 11.0 Å². The molecule has 0 N–H and O–H groups in total. The number of rotatable bonds is 3. The Labute approximate surface area is 271 Å². The summed E-state index contributed by atoms with van der Waals surface area (Å²) in [5.41, 5.74) is 10.7. The van der Waals surface area contributed by atoms with E-state index in [1.165, 1.54) is 22.3 Å². The third kappa shape index (κ3) is 3.64. The van der Waals surface area contributed by atoms with Gasteiger partial charge in [0.1, 0.15) is 11.5 Å². The minimum atomic E-state index is -0.501. The molecule has 4 nitrogen and oxygen atoms in total. The first-order valence-corrected chi connectivity index (χ1v) is 15.8. The van der Waals surface area contributed by atoms with Crippen molar-refractivity contribution >= 4 is 10.8 Å². The first kappa shape index (κ1) is 26.0. The molecule has 1 aromatic heterocycles. The van der Waals surface area contributed by atoms with Crippen LogP contribution in [-0.2, 0) is 5.41 Å². The highest BCUT2D eigenvalue weighted by Gasteiger charge is 2.50. The van der Waals surface area contributed by atoms with Crippen molar-refractivity contribution in [1.82, 2.24) is 10.2 Å². The van der Waals surface area contributed by atoms with Crippen LogP contribution in [0, 0.1) is 0 Å². The third-order valence-electron chi connectivity index (χ3n) is 9.75. The maximum absolute atomic E-state index is 6.80. The van der Waals surface area contributed by atoms with Crippen molar-refractivity contribution in [3.63, 3.8) is 0 Å². The summed E-state index contributed by atoms with van der Waals surface area (Å²) in [5.74, 6) is 2.68. The van der Waals surface area contributed by atoms with E-state index in [1.54, 1.807) is 0 Å². The normalized spacial score (nSPS) is 13.4. The fourth-order valence-electron chi connectivity index (χ4n) is 7.79. The van der Waals surface area contributed by atoms with Crippen LogP contribution < -0.4 is 4.74 Å². The molecule has 1 aliphatic carbocycles. The molecule has 8 aromatic rings. The summed E-state index contributed by atoms with van der Waals surface area (Å²) in [6.45, 7) is 0. The Morgan fingerprint density at radius 1 is 0.426 bits per heavy atom. The minimum Gasteiger partial charge on any atom is -0.457 e. The molecule has 2 heterocycles. The van der Waals surface area contributed by atoms with Crippen LogP contribution in [0.1, 0.15) is 22.3 Å². The molecule has 0 saturated heterocycles. The van der Waals surface area contributed by atoms with E-state index in [1.807, 2.05) is 30.3 Å². The molecule has 47 heavy (non-hydrogen) atoms. The molecule has 0 radical (unpaired) electrons. The molecular weight excluding hydrogens is 576 g/mol. The lowest BCUT2D eigenvalue weighted by Crippen LogP contribution is -2.32. The van der Waals surface area contributed by atoms with E-state index in [-0.39, 0.29) is 0 Å². The smallest absolute Gasteiger partial charge is 0.249 e. The number of aromatic nitrogens is 2. The zero-order chi connectivity index (χ0) is 31.0. The number of hydrogen-bond acceptors (Lipinski definition) is 4. The Balaban J connectivity index is 1.21. The van der Waals surface area contributed by atoms with Crippen molar-refractivity contribution in [2.24, 2.45) is 0 Å². The van der Waals surface area contributed by atoms with E-state index >= 15 is 0 Å². The molecule has 1 spiro atoms. The van der Waals surface area contributed by atoms with Gasteiger partial charge < -0.3 is 9.15 Å². The van der Waals surface area contributed by atoms with Crippen LogP contribution >= 0.6 is 0 Å². The lowest BCUT2D eigenvalue weighted by atomic mass is 9.66. The zero-order valence-electron chi connectivity index (χ0n) is 25.2. The van der Waals surface area contributed by atoms with Gasteiger partial charge in [-0.05, 0) is 68.4 Å². The summed E-state index contributed by atoms with van der Waals surface area (Å²) in [5, 5.41) is 11.2. The largest absolute Gasteiger partial charge is 0.457 e. The molecule has 0 amide bonds. The lowest BCUT2D eigenvalue weighted by Gasteiger charge is -2.39. The highest BCUT2D eigenvalue weighted by Crippen LogP contribution is 2.62. The fraction of sp³-hybridized carbons (Fsp3) is 0.0233. The second-order valence-electron chi connectivity index (χ2n) is 12.1. The SMILES string of the molecule is c1ccc(-c2nnc(-c3c(-c4ccc5c(c4)Oc4ccccc4C54c5ccccc5-c5ccccc54)ccc4ccccc34)o2)cc1. The summed E-state index contributed by atoms with van der Waals surface area (Å²) in [6, 6.07) is 55.2. The molecular formula is C43H26N2O2. The van der Waals surface area contributed by atoms with Crippen molar-refractivity contribution in [3.8, 4) is 56.7 Å². The third-order valence-corrected chi connectivity index (χ3v) is 9.75. The van der Waals surface area contributed by atoms with Gasteiger partial charge in [0, 0.05) is 16.7 Å². The van der Waals surface area contributed by atoms with Gasteiger partial charge in [-0.1, -0.05) is 133 Å². The molecule has 2 aliphatic rings. The van der Waals surface area contributed by atoms with E-state index in [2.05, 4.69) is 138 Å². The Morgan fingerprint density at radius 2 is 1.06 bits per heavy atom. The second-order valence-corrected chi connectivity index (χ2v) is 12.1. The van der Waals surface area contributed by atoms with E-state index in [0.29, 0.717) is 11.8 Å². The van der Waals surface area contributed by atoms with Crippen LogP contribution in [0.4, 0.5) is 0 Å². The number of nitrogens with zero attached hydrogens (tertiary/aromatic N) is 2. The Hall–Kier alpha value is -6.26. The van der Waals surface area contributed by atoms with Crippen LogP contribution in [-0.4, -0.2) is 10.2 Å². The molecule has 10 rings (SSSR count). The predicted molar refractivity (Wildman–Crippen MR) is 185 cm³/mol. The standard InChI is InChI=1S/C43H26N2O2/c1-2-13-28(14-3-1)41-44-45-42(47-41)40-30-15-5-4-12-27(30)22-24-31(40)29-23-25-37-39(26-29)46-38-21-11-10-20-36(38)43(37)34-18-8-6-16-32(34)33-17-7-9-19-35(33)43/h1-26H. The second kappa shape index (κ2) is 9.87. The van der Waals surface area contributed by atoms with E-state index in [0.717, 1.165) is 55.7 Å². The van der Waals surface area contributed by atoms with Gasteiger partial charge in [0.15, 0.2) is 0 Å². The van der Waals surface area contributed by atoms with E-state index in [9.17, 15) is 0 Å². The number of hydrogen-bond donors (Lipinski definition) is 0. The van der Waals surface area contributed by atoms with Gasteiger partial charge >= 0.3 is 0 Å². The number of benzene rings is 7. The molecule has 0 fully saturated rings. The summed E-state index contributed by atoms with van der Waals surface area (Å²) in [4.78, 5) is 0. The summed E-state index contributed by atoms with van der Waals surface area (Å²) in [6.07, 6.45) is 0. The van der Waals surface area contributed by atoms with E-state index in [4.69, 9.17) is 9.15 Å². The van der Waals surface area contributed by atoms with Gasteiger partial charge in [-0.15, -0.1) is 10.2 Å².